The standard InChI is InChI=1S/C49H52N4O5/c1-57-44-27-23-41(24-28-44)48(37-15-7-3-8-16-37,38-17-9-4-10-18-38)51-33-31-46(55)53(36-43(54)35-50)47(56)32-34-52-49(39-19-11-5-12-20-39,40-21-13-6-14-22-40)42-25-29-45(58-2)30-26-42/h3-30,43,51-52,54H,31-36,50H2,1-2H3. The molecule has 6 aromatic carbocycles. The molecular weight excluding hydrogens is 725 g/mol. The minimum Gasteiger partial charge on any atom is -0.497 e. The molecule has 0 aliphatic carbocycles. The van der Waals surface area contributed by atoms with Crippen LogP contribution in [0, 0.1) is 0 Å². The highest BCUT2D eigenvalue weighted by Gasteiger charge is 2.38. The maximum atomic E-state index is 14.2. The second-order valence-electron chi connectivity index (χ2n) is 14.1. The van der Waals surface area contributed by atoms with Crippen LogP contribution in [-0.2, 0) is 20.7 Å². The van der Waals surface area contributed by atoms with Crippen LogP contribution in [0.1, 0.15) is 46.2 Å². The van der Waals surface area contributed by atoms with E-state index in [1.807, 2.05) is 121 Å². The van der Waals surface area contributed by atoms with E-state index in [0.29, 0.717) is 0 Å². The Morgan fingerprint density at radius 2 is 0.828 bits per heavy atom. The number of nitrogens with zero attached hydrogens (tertiary/aromatic N) is 1. The van der Waals surface area contributed by atoms with Gasteiger partial charge >= 0.3 is 0 Å². The Balaban J connectivity index is 1.26. The van der Waals surface area contributed by atoms with E-state index in [0.717, 1.165) is 49.8 Å². The van der Waals surface area contributed by atoms with Gasteiger partial charge in [0, 0.05) is 32.5 Å². The molecule has 1 unspecified atom stereocenters. The Kier molecular flexibility index (Phi) is 14.2. The predicted octanol–water partition coefficient (Wildman–Crippen LogP) is 6.62. The van der Waals surface area contributed by atoms with Gasteiger partial charge < -0.3 is 20.3 Å². The molecule has 6 aromatic rings. The van der Waals surface area contributed by atoms with Gasteiger partial charge in [0.25, 0.3) is 0 Å². The smallest absolute Gasteiger partial charge is 0.230 e. The first kappa shape index (κ1) is 41.5. The third-order valence-electron chi connectivity index (χ3n) is 10.6. The van der Waals surface area contributed by atoms with Crippen molar-refractivity contribution in [3.63, 3.8) is 0 Å². The molecule has 0 heterocycles. The van der Waals surface area contributed by atoms with E-state index in [1.54, 1.807) is 14.2 Å². The first-order valence-electron chi connectivity index (χ1n) is 19.6. The molecule has 58 heavy (non-hydrogen) atoms. The number of carbonyl (C=O) groups is 2. The normalized spacial score (nSPS) is 12.1. The molecule has 0 aromatic heterocycles. The average Bonchev–Trinajstić information content (AvgIpc) is 3.29. The monoisotopic (exact) mass is 776 g/mol. The Hall–Kier alpha value is -6.10. The van der Waals surface area contributed by atoms with Crippen LogP contribution in [0.2, 0.25) is 0 Å². The lowest BCUT2D eigenvalue weighted by molar-refractivity contribution is -0.146. The fourth-order valence-corrected chi connectivity index (χ4v) is 7.66. The van der Waals surface area contributed by atoms with Gasteiger partial charge in [0.1, 0.15) is 11.5 Å². The molecule has 298 valence electrons. The van der Waals surface area contributed by atoms with Gasteiger partial charge in [-0.05, 0) is 57.6 Å². The number of imide groups is 1. The Morgan fingerprint density at radius 1 is 0.534 bits per heavy atom. The Bertz CT molecular complexity index is 1940. The maximum absolute atomic E-state index is 14.2. The molecule has 6 rings (SSSR count). The van der Waals surface area contributed by atoms with Crippen LogP contribution < -0.4 is 25.8 Å². The lowest BCUT2D eigenvalue weighted by Gasteiger charge is -2.38. The molecule has 1 atom stereocenters. The molecule has 0 radical (unpaired) electrons. The largest absolute Gasteiger partial charge is 0.497 e. The van der Waals surface area contributed by atoms with E-state index in [-0.39, 0.29) is 39.0 Å². The number of hydrogen-bond acceptors (Lipinski definition) is 8. The van der Waals surface area contributed by atoms with E-state index in [1.165, 1.54) is 0 Å². The summed E-state index contributed by atoms with van der Waals surface area (Å²) in [5.74, 6) is 0.624. The number of methoxy groups -OCH3 is 2. The van der Waals surface area contributed by atoms with Crippen molar-refractivity contribution in [2.24, 2.45) is 5.73 Å². The van der Waals surface area contributed by atoms with Crippen LogP contribution in [0.5, 0.6) is 11.5 Å². The van der Waals surface area contributed by atoms with E-state index in [4.69, 9.17) is 15.2 Å². The number of ether oxygens (including phenoxy) is 2. The summed E-state index contributed by atoms with van der Waals surface area (Å²) in [6.45, 7) is 0.130. The van der Waals surface area contributed by atoms with Crippen molar-refractivity contribution in [2.75, 3.05) is 40.4 Å². The number of carbonyl (C=O) groups excluding carboxylic acids is 2. The zero-order valence-corrected chi connectivity index (χ0v) is 33.1. The van der Waals surface area contributed by atoms with Crippen LogP contribution in [0.3, 0.4) is 0 Å². The molecule has 0 fully saturated rings. The van der Waals surface area contributed by atoms with Crippen molar-refractivity contribution in [2.45, 2.75) is 30.0 Å². The molecule has 9 heteroatoms. The van der Waals surface area contributed by atoms with Crippen LogP contribution in [-0.4, -0.2) is 68.3 Å². The number of amides is 2. The summed E-state index contributed by atoms with van der Waals surface area (Å²) >= 11 is 0. The highest BCUT2D eigenvalue weighted by Crippen LogP contribution is 2.39. The lowest BCUT2D eigenvalue weighted by Crippen LogP contribution is -2.49. The first-order chi connectivity index (χ1) is 28.3. The number of rotatable bonds is 19. The van der Waals surface area contributed by atoms with Crippen LogP contribution in [0.15, 0.2) is 170 Å². The fourth-order valence-electron chi connectivity index (χ4n) is 7.66. The Morgan fingerprint density at radius 3 is 1.10 bits per heavy atom. The van der Waals surface area contributed by atoms with E-state index >= 15 is 0 Å². The van der Waals surface area contributed by atoms with Crippen molar-refractivity contribution in [3.05, 3.63) is 203 Å². The van der Waals surface area contributed by atoms with Gasteiger partial charge in [-0.15, -0.1) is 0 Å². The summed E-state index contributed by atoms with van der Waals surface area (Å²) < 4.78 is 11.0. The van der Waals surface area contributed by atoms with Gasteiger partial charge in [0.2, 0.25) is 11.8 Å². The highest BCUT2D eigenvalue weighted by molar-refractivity contribution is 5.95. The average molecular weight is 777 g/mol. The molecule has 0 saturated carbocycles. The second-order valence-corrected chi connectivity index (χ2v) is 14.1. The number of hydrogen-bond donors (Lipinski definition) is 4. The minimum absolute atomic E-state index is 0.0160. The van der Waals surface area contributed by atoms with Crippen molar-refractivity contribution < 1.29 is 24.2 Å². The van der Waals surface area contributed by atoms with Crippen molar-refractivity contribution in [1.82, 2.24) is 15.5 Å². The van der Waals surface area contributed by atoms with Crippen molar-refractivity contribution in [3.8, 4) is 11.5 Å². The molecule has 0 aliphatic rings. The molecular formula is C49H52N4O5. The second kappa shape index (κ2) is 19.9. The zero-order chi connectivity index (χ0) is 40.8. The van der Waals surface area contributed by atoms with Gasteiger partial charge in [-0.25, -0.2) is 0 Å². The van der Waals surface area contributed by atoms with Crippen LogP contribution in [0.25, 0.3) is 0 Å². The van der Waals surface area contributed by atoms with Gasteiger partial charge in [-0.2, -0.15) is 0 Å². The number of benzene rings is 6. The van der Waals surface area contributed by atoms with Crippen molar-refractivity contribution >= 4 is 11.8 Å². The van der Waals surface area contributed by atoms with Crippen LogP contribution in [0.4, 0.5) is 0 Å². The molecule has 0 bridgehead atoms. The SMILES string of the molecule is COc1ccc(C(NCCC(=O)N(CC(O)CN)C(=O)CCNC(c2ccccc2)(c2ccccc2)c2ccc(OC)cc2)(c2ccccc2)c2ccccc2)cc1. The number of aliphatic hydroxyl groups excluding tert-OH is 1. The van der Waals surface area contributed by atoms with E-state index < -0.39 is 29.0 Å². The zero-order valence-electron chi connectivity index (χ0n) is 33.1. The third-order valence-corrected chi connectivity index (χ3v) is 10.6. The molecule has 0 saturated heterocycles. The summed E-state index contributed by atoms with van der Waals surface area (Å²) in [5, 5.41) is 18.1. The summed E-state index contributed by atoms with van der Waals surface area (Å²) in [6, 6.07) is 56.0. The predicted molar refractivity (Wildman–Crippen MR) is 229 cm³/mol. The number of nitrogens with one attached hydrogen (secondary N) is 2. The molecule has 0 aliphatic heterocycles. The van der Waals surface area contributed by atoms with Gasteiger partial charge in [0.15, 0.2) is 0 Å². The fraction of sp³-hybridized carbons (Fsp3) is 0.224. The Labute approximate surface area is 341 Å². The number of nitrogens with two attached hydrogens (primary N) is 1. The van der Waals surface area contributed by atoms with E-state index in [9.17, 15) is 14.7 Å². The third kappa shape index (κ3) is 9.20. The number of aliphatic hydroxyl groups is 1. The van der Waals surface area contributed by atoms with Gasteiger partial charge in [-0.3, -0.25) is 25.1 Å². The van der Waals surface area contributed by atoms with Crippen LogP contribution >= 0.6 is 0 Å². The van der Waals surface area contributed by atoms with E-state index in [2.05, 4.69) is 59.2 Å². The van der Waals surface area contributed by atoms with Crippen molar-refractivity contribution in [1.29, 1.82) is 0 Å². The molecule has 5 N–H and O–H groups in total. The quantitative estimate of drug-likeness (QED) is 0.0677. The van der Waals surface area contributed by atoms with Gasteiger partial charge in [0.05, 0.1) is 37.9 Å². The topological polar surface area (TPSA) is 126 Å². The molecule has 2 amide bonds. The summed E-state index contributed by atoms with van der Waals surface area (Å²) in [6.07, 6.45) is -1.11. The minimum atomic E-state index is -1.08. The molecule has 0 spiro atoms. The van der Waals surface area contributed by atoms with Gasteiger partial charge in [-0.1, -0.05) is 146 Å². The summed E-state index contributed by atoms with van der Waals surface area (Å²) in [5.41, 5.74) is 9.96. The molecule has 9 nitrogen and oxygen atoms in total. The first-order valence-corrected chi connectivity index (χ1v) is 19.6. The summed E-state index contributed by atoms with van der Waals surface area (Å²) in [4.78, 5) is 29.5. The summed E-state index contributed by atoms with van der Waals surface area (Å²) in [7, 11) is 3.27. The lowest BCUT2D eigenvalue weighted by atomic mass is 9.77. The maximum Gasteiger partial charge on any atom is 0.230 e. The highest BCUT2D eigenvalue weighted by atomic mass is 16.5.